The van der Waals surface area contributed by atoms with Gasteiger partial charge in [-0.15, -0.1) is 0 Å². The normalized spacial score (nSPS) is 16.4. The number of halogens is 1. The van der Waals surface area contributed by atoms with Crippen LogP contribution in [0.25, 0.3) is 0 Å². The van der Waals surface area contributed by atoms with E-state index in [1.165, 1.54) is 0 Å². The van der Waals surface area contributed by atoms with Gasteiger partial charge in [0.25, 0.3) is 0 Å². The monoisotopic (exact) mass is 432 g/mol. The Hall–Kier alpha value is -2.54. The molecule has 2 aromatic carbocycles. The molecule has 3 rings (SSSR count). The average Bonchev–Trinajstić information content (AvgIpc) is 3.05. The summed E-state index contributed by atoms with van der Waals surface area (Å²) in [6.45, 7) is 2.24. The molecular formula is C20H21BrN2O4. The van der Waals surface area contributed by atoms with Crippen molar-refractivity contribution in [2.24, 2.45) is 5.92 Å². The second-order valence-corrected chi connectivity index (χ2v) is 7.31. The lowest BCUT2D eigenvalue weighted by Gasteiger charge is -2.17. The minimum absolute atomic E-state index is 0.0542. The summed E-state index contributed by atoms with van der Waals surface area (Å²) in [6.07, 6.45) is 0.189. The maximum Gasteiger partial charge on any atom is 0.229 e. The van der Waals surface area contributed by atoms with Crippen LogP contribution < -0.4 is 19.7 Å². The molecule has 0 radical (unpaired) electrons. The molecule has 0 bridgehead atoms. The van der Waals surface area contributed by atoms with Crippen molar-refractivity contribution < 1.29 is 19.1 Å². The second-order valence-electron chi connectivity index (χ2n) is 6.39. The van der Waals surface area contributed by atoms with Crippen molar-refractivity contribution in [3.63, 3.8) is 0 Å². The zero-order valence-electron chi connectivity index (χ0n) is 15.4. The Balaban J connectivity index is 1.74. The number of methoxy groups -OCH3 is 2. The predicted octanol–water partition coefficient (Wildman–Crippen LogP) is 3.77. The Labute approximate surface area is 166 Å². The molecule has 1 aliphatic rings. The molecule has 142 valence electrons. The molecule has 0 saturated carbocycles. The predicted molar refractivity (Wildman–Crippen MR) is 108 cm³/mol. The van der Waals surface area contributed by atoms with E-state index >= 15 is 0 Å². The number of rotatable bonds is 5. The highest BCUT2D eigenvalue weighted by atomic mass is 79.9. The zero-order valence-corrected chi connectivity index (χ0v) is 17.0. The summed E-state index contributed by atoms with van der Waals surface area (Å²) in [7, 11) is 3.11. The summed E-state index contributed by atoms with van der Waals surface area (Å²) in [5.74, 6) is 0.497. The minimum Gasteiger partial charge on any atom is -0.493 e. The highest BCUT2D eigenvalue weighted by Crippen LogP contribution is 2.34. The van der Waals surface area contributed by atoms with Crippen molar-refractivity contribution in [2.75, 3.05) is 31.0 Å². The van der Waals surface area contributed by atoms with Crippen molar-refractivity contribution in [3.05, 3.63) is 46.4 Å². The van der Waals surface area contributed by atoms with Crippen LogP contribution >= 0.6 is 15.9 Å². The van der Waals surface area contributed by atoms with E-state index in [0.717, 1.165) is 15.7 Å². The highest BCUT2D eigenvalue weighted by Gasteiger charge is 2.35. The van der Waals surface area contributed by atoms with E-state index in [9.17, 15) is 9.59 Å². The summed E-state index contributed by atoms with van der Waals surface area (Å²) >= 11 is 3.38. The molecule has 0 spiro atoms. The fraction of sp³-hybridized carbons (Fsp3) is 0.300. The molecule has 0 aromatic heterocycles. The molecule has 6 nitrogen and oxygen atoms in total. The van der Waals surface area contributed by atoms with Crippen molar-refractivity contribution in [1.82, 2.24) is 0 Å². The topological polar surface area (TPSA) is 67.9 Å². The SMILES string of the molecule is COc1cc(C)c(NC(=O)C2CC(=O)N(c3ccc(Br)cc3)C2)cc1OC. The number of hydrogen-bond acceptors (Lipinski definition) is 4. The summed E-state index contributed by atoms with van der Waals surface area (Å²) in [4.78, 5) is 26.8. The number of carbonyl (C=O) groups excluding carboxylic acids is 2. The Morgan fingerprint density at radius 2 is 1.78 bits per heavy atom. The molecule has 1 saturated heterocycles. The number of hydrogen-bond donors (Lipinski definition) is 1. The van der Waals surface area contributed by atoms with Crippen LogP contribution in [0.1, 0.15) is 12.0 Å². The van der Waals surface area contributed by atoms with Crippen molar-refractivity contribution >= 4 is 39.1 Å². The summed E-state index contributed by atoms with van der Waals surface area (Å²) in [5, 5.41) is 2.92. The molecule has 7 heteroatoms. The van der Waals surface area contributed by atoms with Crippen LogP contribution in [0.2, 0.25) is 0 Å². The molecule has 1 atom stereocenters. The first-order valence-corrected chi connectivity index (χ1v) is 9.31. The number of benzene rings is 2. The first-order valence-electron chi connectivity index (χ1n) is 8.52. The number of aryl methyl sites for hydroxylation is 1. The standard InChI is InChI=1S/C20H21BrN2O4/c1-12-8-17(26-2)18(27-3)10-16(12)22-20(25)13-9-19(24)23(11-13)15-6-4-14(21)5-7-15/h4-8,10,13H,9,11H2,1-3H3,(H,22,25). The van der Waals surface area contributed by atoms with Crippen LogP contribution in [0.5, 0.6) is 11.5 Å². The van der Waals surface area contributed by atoms with Crippen LogP contribution in [-0.4, -0.2) is 32.6 Å². The van der Waals surface area contributed by atoms with Gasteiger partial charge < -0.3 is 19.7 Å². The van der Waals surface area contributed by atoms with Gasteiger partial charge in [0.1, 0.15) is 0 Å². The molecule has 1 fully saturated rings. The lowest BCUT2D eigenvalue weighted by molar-refractivity contribution is -0.122. The fourth-order valence-electron chi connectivity index (χ4n) is 3.10. The van der Waals surface area contributed by atoms with Crippen LogP contribution in [0, 0.1) is 12.8 Å². The lowest BCUT2D eigenvalue weighted by Crippen LogP contribution is -2.28. The van der Waals surface area contributed by atoms with E-state index in [0.29, 0.717) is 23.7 Å². The summed E-state index contributed by atoms with van der Waals surface area (Å²) in [5.41, 5.74) is 2.29. The molecule has 2 aromatic rings. The molecule has 1 N–H and O–H groups in total. The molecule has 1 heterocycles. The van der Waals surface area contributed by atoms with E-state index in [2.05, 4.69) is 21.2 Å². The smallest absolute Gasteiger partial charge is 0.229 e. The van der Waals surface area contributed by atoms with Gasteiger partial charge in [0.05, 0.1) is 20.1 Å². The molecule has 1 aliphatic heterocycles. The maximum absolute atomic E-state index is 12.7. The average molecular weight is 433 g/mol. The molecular weight excluding hydrogens is 412 g/mol. The summed E-state index contributed by atoms with van der Waals surface area (Å²) in [6, 6.07) is 11.0. The fourth-order valence-corrected chi connectivity index (χ4v) is 3.37. The van der Waals surface area contributed by atoms with Gasteiger partial charge in [-0.3, -0.25) is 9.59 Å². The molecule has 1 unspecified atom stereocenters. The third-order valence-corrected chi connectivity index (χ3v) is 5.15. The van der Waals surface area contributed by atoms with E-state index in [-0.39, 0.29) is 18.2 Å². The molecule has 0 aliphatic carbocycles. The summed E-state index contributed by atoms with van der Waals surface area (Å²) < 4.78 is 11.5. The zero-order chi connectivity index (χ0) is 19.6. The molecule has 27 heavy (non-hydrogen) atoms. The first-order chi connectivity index (χ1) is 12.9. The van der Waals surface area contributed by atoms with Crippen molar-refractivity contribution in [2.45, 2.75) is 13.3 Å². The van der Waals surface area contributed by atoms with Gasteiger partial charge in [-0.2, -0.15) is 0 Å². The quantitative estimate of drug-likeness (QED) is 0.780. The van der Waals surface area contributed by atoms with E-state index in [1.54, 1.807) is 25.2 Å². The number of amides is 2. The Morgan fingerprint density at radius 3 is 2.41 bits per heavy atom. The molecule has 2 amide bonds. The number of nitrogens with zero attached hydrogens (tertiary/aromatic N) is 1. The highest BCUT2D eigenvalue weighted by molar-refractivity contribution is 9.10. The number of carbonyl (C=O) groups is 2. The Bertz CT molecular complexity index is 867. The maximum atomic E-state index is 12.7. The van der Waals surface area contributed by atoms with Gasteiger partial charge >= 0.3 is 0 Å². The Morgan fingerprint density at radius 1 is 1.15 bits per heavy atom. The van der Waals surface area contributed by atoms with Gasteiger partial charge in [0, 0.05) is 34.9 Å². The van der Waals surface area contributed by atoms with Crippen LogP contribution in [0.3, 0.4) is 0 Å². The van der Waals surface area contributed by atoms with Gasteiger partial charge in [0.15, 0.2) is 11.5 Å². The number of nitrogens with one attached hydrogen (secondary N) is 1. The first kappa shape index (κ1) is 19.2. The third kappa shape index (κ3) is 4.08. The largest absolute Gasteiger partial charge is 0.493 e. The second kappa shape index (κ2) is 8.00. The van der Waals surface area contributed by atoms with Gasteiger partial charge in [-0.25, -0.2) is 0 Å². The van der Waals surface area contributed by atoms with Crippen LogP contribution in [0.15, 0.2) is 40.9 Å². The van der Waals surface area contributed by atoms with Gasteiger partial charge in [-0.1, -0.05) is 15.9 Å². The van der Waals surface area contributed by atoms with E-state index < -0.39 is 5.92 Å². The Kier molecular flexibility index (Phi) is 5.70. The minimum atomic E-state index is -0.409. The lowest BCUT2D eigenvalue weighted by atomic mass is 10.1. The van der Waals surface area contributed by atoms with Crippen LogP contribution in [0.4, 0.5) is 11.4 Å². The van der Waals surface area contributed by atoms with E-state index in [4.69, 9.17) is 9.47 Å². The van der Waals surface area contributed by atoms with Crippen molar-refractivity contribution in [3.8, 4) is 11.5 Å². The van der Waals surface area contributed by atoms with Crippen LogP contribution in [-0.2, 0) is 9.59 Å². The number of anilines is 2. The number of ether oxygens (including phenoxy) is 2. The van der Waals surface area contributed by atoms with Crippen molar-refractivity contribution in [1.29, 1.82) is 0 Å². The van der Waals surface area contributed by atoms with E-state index in [1.807, 2.05) is 37.3 Å². The van der Waals surface area contributed by atoms with Gasteiger partial charge in [0.2, 0.25) is 11.8 Å². The third-order valence-electron chi connectivity index (χ3n) is 4.62. The van der Waals surface area contributed by atoms with Gasteiger partial charge in [-0.05, 0) is 42.8 Å².